The summed E-state index contributed by atoms with van der Waals surface area (Å²) in [5, 5.41) is 0. The molecule has 2 amide bonds. The van der Waals surface area contributed by atoms with Crippen LogP contribution >= 0.6 is 0 Å². The van der Waals surface area contributed by atoms with E-state index in [9.17, 15) is 9.59 Å². The highest BCUT2D eigenvalue weighted by Gasteiger charge is 2.42. The van der Waals surface area contributed by atoms with Gasteiger partial charge in [0.25, 0.3) is 0 Å². The van der Waals surface area contributed by atoms with Crippen LogP contribution in [-0.2, 0) is 14.3 Å². The second kappa shape index (κ2) is 7.95. The minimum absolute atomic E-state index is 0.0953. The van der Waals surface area contributed by atoms with E-state index < -0.39 is 0 Å². The molecule has 22 heavy (non-hydrogen) atoms. The van der Waals surface area contributed by atoms with Crippen molar-refractivity contribution in [3.8, 4) is 0 Å². The van der Waals surface area contributed by atoms with Crippen molar-refractivity contribution in [2.24, 2.45) is 5.41 Å². The molecule has 2 heterocycles. The van der Waals surface area contributed by atoms with Crippen molar-refractivity contribution >= 4 is 11.8 Å². The molecule has 2 rings (SSSR count). The van der Waals surface area contributed by atoms with Crippen LogP contribution in [0, 0.1) is 5.41 Å². The van der Waals surface area contributed by atoms with Crippen LogP contribution in [0.25, 0.3) is 0 Å². The Morgan fingerprint density at radius 1 is 1.27 bits per heavy atom. The third-order valence-corrected chi connectivity index (χ3v) is 4.97. The topological polar surface area (TPSA) is 49.9 Å². The molecule has 0 aliphatic carbocycles. The monoisotopic (exact) mass is 310 g/mol. The molecule has 126 valence electrons. The van der Waals surface area contributed by atoms with Crippen LogP contribution < -0.4 is 0 Å². The number of nitrogens with zero attached hydrogens (tertiary/aromatic N) is 2. The highest BCUT2D eigenvalue weighted by atomic mass is 16.5. The summed E-state index contributed by atoms with van der Waals surface area (Å²) in [5.41, 5.74) is 0.113. The molecule has 0 aromatic carbocycles. The van der Waals surface area contributed by atoms with Gasteiger partial charge in [0.1, 0.15) is 6.61 Å². The zero-order chi connectivity index (χ0) is 16.0. The highest BCUT2D eigenvalue weighted by molar-refractivity contribution is 5.78. The third-order valence-electron chi connectivity index (χ3n) is 4.97. The van der Waals surface area contributed by atoms with Gasteiger partial charge in [-0.05, 0) is 32.6 Å². The first-order valence-corrected chi connectivity index (χ1v) is 8.73. The lowest BCUT2D eigenvalue weighted by Crippen LogP contribution is -2.55. The van der Waals surface area contributed by atoms with Gasteiger partial charge in [0.15, 0.2) is 0 Å². The average molecular weight is 310 g/mol. The van der Waals surface area contributed by atoms with E-state index in [1.54, 1.807) is 0 Å². The van der Waals surface area contributed by atoms with Crippen LogP contribution in [0.2, 0.25) is 0 Å². The van der Waals surface area contributed by atoms with Gasteiger partial charge in [-0.2, -0.15) is 0 Å². The summed E-state index contributed by atoms with van der Waals surface area (Å²) in [5.74, 6) is 0.384. The maximum atomic E-state index is 12.2. The van der Waals surface area contributed by atoms with Crippen molar-refractivity contribution in [3.05, 3.63) is 0 Å². The number of hydrogen-bond acceptors (Lipinski definition) is 3. The van der Waals surface area contributed by atoms with E-state index in [-0.39, 0.29) is 23.8 Å². The molecule has 0 N–H and O–H groups in total. The molecule has 2 aliphatic heterocycles. The zero-order valence-electron chi connectivity index (χ0n) is 14.1. The minimum atomic E-state index is 0.0953. The molecule has 0 aromatic rings. The van der Waals surface area contributed by atoms with Crippen molar-refractivity contribution < 1.29 is 14.3 Å². The second-order valence-electron chi connectivity index (χ2n) is 6.72. The quantitative estimate of drug-likeness (QED) is 0.754. The lowest BCUT2D eigenvalue weighted by molar-refractivity contribution is -0.145. The molecule has 0 unspecified atom stereocenters. The van der Waals surface area contributed by atoms with E-state index in [1.165, 1.54) is 0 Å². The lowest BCUT2D eigenvalue weighted by atomic mass is 9.73. The standard InChI is InChI=1S/C17H30N2O3/c1-3-5-10-18-13-17(9-7-15(18)20)8-6-11-19(14-17)16(21)12-22-4-2/h3-14H2,1-2H3/t17-/m0/s1. The van der Waals surface area contributed by atoms with Crippen molar-refractivity contribution in [1.29, 1.82) is 0 Å². The number of carbonyl (C=O) groups is 2. The molecule has 5 nitrogen and oxygen atoms in total. The summed E-state index contributed by atoms with van der Waals surface area (Å²) in [6.07, 6.45) is 5.89. The molecule has 1 atom stereocenters. The fourth-order valence-electron chi connectivity index (χ4n) is 3.69. The third kappa shape index (κ3) is 4.22. The Morgan fingerprint density at radius 2 is 2.09 bits per heavy atom. The summed E-state index contributed by atoms with van der Waals surface area (Å²) in [6.45, 7) is 8.12. The molecule has 2 saturated heterocycles. The van der Waals surface area contributed by atoms with Gasteiger partial charge >= 0.3 is 0 Å². The average Bonchev–Trinajstić information content (AvgIpc) is 2.54. The van der Waals surface area contributed by atoms with Gasteiger partial charge in [0.05, 0.1) is 0 Å². The van der Waals surface area contributed by atoms with Crippen LogP contribution in [0.15, 0.2) is 0 Å². The first kappa shape index (κ1) is 17.3. The van der Waals surface area contributed by atoms with Crippen molar-refractivity contribution in [3.63, 3.8) is 0 Å². The number of carbonyl (C=O) groups excluding carboxylic acids is 2. The number of rotatable bonds is 6. The summed E-state index contributed by atoms with van der Waals surface area (Å²) in [6, 6.07) is 0. The Labute approximate surface area is 134 Å². The minimum Gasteiger partial charge on any atom is -0.372 e. The van der Waals surface area contributed by atoms with Crippen LogP contribution in [0.5, 0.6) is 0 Å². The normalized spacial score (nSPS) is 25.8. The highest BCUT2D eigenvalue weighted by Crippen LogP contribution is 2.39. The van der Waals surface area contributed by atoms with Crippen molar-refractivity contribution in [1.82, 2.24) is 9.80 Å². The SMILES string of the molecule is CCCCN1C[C@]2(CCCN(C(=O)COCC)C2)CCC1=O. The van der Waals surface area contributed by atoms with E-state index in [0.29, 0.717) is 13.0 Å². The fourth-order valence-corrected chi connectivity index (χ4v) is 3.69. The number of amides is 2. The van der Waals surface area contributed by atoms with E-state index in [4.69, 9.17) is 4.74 Å². The van der Waals surface area contributed by atoms with Gasteiger partial charge < -0.3 is 14.5 Å². The summed E-state index contributed by atoms with van der Waals surface area (Å²) >= 11 is 0. The molecule has 2 aliphatic rings. The first-order valence-electron chi connectivity index (χ1n) is 8.73. The summed E-state index contributed by atoms with van der Waals surface area (Å²) in [4.78, 5) is 28.3. The van der Waals surface area contributed by atoms with Gasteiger partial charge in [-0.3, -0.25) is 9.59 Å². The number of likely N-dealkylation sites (tertiary alicyclic amines) is 2. The largest absolute Gasteiger partial charge is 0.372 e. The summed E-state index contributed by atoms with van der Waals surface area (Å²) in [7, 11) is 0. The predicted octanol–water partition coefficient (Wildman–Crippen LogP) is 2.05. The lowest BCUT2D eigenvalue weighted by Gasteiger charge is -2.48. The van der Waals surface area contributed by atoms with E-state index in [1.807, 2.05) is 16.7 Å². The maximum Gasteiger partial charge on any atom is 0.248 e. The Kier molecular flexibility index (Phi) is 6.24. The Bertz CT molecular complexity index is 399. The number of ether oxygens (including phenoxy) is 1. The Morgan fingerprint density at radius 3 is 2.82 bits per heavy atom. The zero-order valence-corrected chi connectivity index (χ0v) is 14.1. The van der Waals surface area contributed by atoms with Gasteiger partial charge in [-0.15, -0.1) is 0 Å². The van der Waals surface area contributed by atoms with Crippen LogP contribution in [0.1, 0.15) is 52.4 Å². The molecule has 1 spiro atoms. The molecular formula is C17H30N2O3. The number of unbranched alkanes of at least 4 members (excludes halogenated alkanes) is 1. The predicted molar refractivity (Wildman–Crippen MR) is 85.5 cm³/mol. The Hall–Kier alpha value is -1.10. The first-order chi connectivity index (χ1) is 10.6. The smallest absolute Gasteiger partial charge is 0.248 e. The van der Waals surface area contributed by atoms with Gasteiger partial charge in [0, 0.05) is 44.6 Å². The molecule has 2 fully saturated rings. The molecule has 0 aromatic heterocycles. The molecule has 0 saturated carbocycles. The van der Waals surface area contributed by atoms with Crippen LogP contribution in [0.3, 0.4) is 0 Å². The molecule has 0 bridgehead atoms. The second-order valence-corrected chi connectivity index (χ2v) is 6.72. The van der Waals surface area contributed by atoms with E-state index >= 15 is 0 Å². The van der Waals surface area contributed by atoms with Crippen molar-refractivity contribution in [2.45, 2.75) is 52.4 Å². The molecule has 0 radical (unpaired) electrons. The fraction of sp³-hybridized carbons (Fsp3) is 0.882. The van der Waals surface area contributed by atoms with Gasteiger partial charge in [0.2, 0.25) is 11.8 Å². The molecule has 5 heteroatoms. The van der Waals surface area contributed by atoms with Crippen molar-refractivity contribution in [2.75, 3.05) is 39.4 Å². The number of piperidine rings is 2. The molecular weight excluding hydrogens is 280 g/mol. The number of hydrogen-bond donors (Lipinski definition) is 0. The van der Waals surface area contributed by atoms with Crippen LogP contribution in [-0.4, -0.2) is 61.0 Å². The van der Waals surface area contributed by atoms with E-state index in [0.717, 1.165) is 58.3 Å². The van der Waals surface area contributed by atoms with Gasteiger partial charge in [-0.25, -0.2) is 0 Å². The Balaban J connectivity index is 1.96. The maximum absolute atomic E-state index is 12.2. The van der Waals surface area contributed by atoms with Crippen LogP contribution in [0.4, 0.5) is 0 Å². The van der Waals surface area contributed by atoms with Gasteiger partial charge in [-0.1, -0.05) is 13.3 Å². The van der Waals surface area contributed by atoms with E-state index in [2.05, 4.69) is 6.92 Å². The summed E-state index contributed by atoms with van der Waals surface area (Å²) < 4.78 is 5.26.